The molecule has 2 saturated heterocycles. The molecule has 0 aromatic heterocycles. The molecule has 2 N–H and O–H groups in total. The van der Waals surface area contributed by atoms with Gasteiger partial charge in [-0.25, -0.2) is 0 Å². The van der Waals surface area contributed by atoms with Crippen LogP contribution in [-0.4, -0.2) is 42.6 Å². The predicted octanol–water partition coefficient (Wildman–Crippen LogP) is 2.34. The second-order valence-electron chi connectivity index (χ2n) is 6.04. The van der Waals surface area contributed by atoms with Gasteiger partial charge in [0.15, 0.2) is 0 Å². The molecule has 0 spiro atoms. The lowest BCUT2D eigenvalue weighted by atomic mass is 9.90. The normalized spacial score (nSPS) is 30.7. The van der Waals surface area contributed by atoms with Crippen molar-refractivity contribution in [1.82, 2.24) is 4.90 Å². The molecule has 0 radical (unpaired) electrons. The summed E-state index contributed by atoms with van der Waals surface area (Å²) in [5.74, 6) is 0.810. The number of rotatable bonds is 4. The maximum absolute atomic E-state index is 12.4. The average molecular weight is 305 g/mol. The van der Waals surface area contributed by atoms with Gasteiger partial charge in [0.1, 0.15) is 0 Å². The molecule has 2 rings (SSSR count). The van der Waals surface area contributed by atoms with Gasteiger partial charge >= 0.3 is 0 Å². The van der Waals surface area contributed by atoms with Gasteiger partial charge in [-0.2, -0.15) is 0 Å². The SMILES string of the molecule is CC1CCCN(C(=O)CCC2CCCCO2)C1CN.Cl. The number of carbonyl (C=O) groups excluding carboxylic acids is 1. The summed E-state index contributed by atoms with van der Waals surface area (Å²) < 4.78 is 5.69. The molecule has 3 unspecified atom stereocenters. The van der Waals surface area contributed by atoms with E-state index in [0.717, 1.165) is 32.4 Å². The van der Waals surface area contributed by atoms with Crippen LogP contribution in [0.5, 0.6) is 0 Å². The molecule has 0 saturated carbocycles. The van der Waals surface area contributed by atoms with Gasteiger partial charge in [-0.15, -0.1) is 12.4 Å². The molecule has 0 bridgehead atoms. The fourth-order valence-electron chi connectivity index (χ4n) is 3.38. The Morgan fingerprint density at radius 2 is 2.10 bits per heavy atom. The fraction of sp³-hybridized carbons (Fsp3) is 0.933. The van der Waals surface area contributed by atoms with Crippen molar-refractivity contribution in [2.24, 2.45) is 11.7 Å². The Morgan fingerprint density at radius 1 is 1.30 bits per heavy atom. The van der Waals surface area contributed by atoms with Crippen molar-refractivity contribution in [1.29, 1.82) is 0 Å². The number of hydrogen-bond donors (Lipinski definition) is 1. The first-order valence-corrected chi connectivity index (χ1v) is 7.83. The van der Waals surface area contributed by atoms with Gasteiger partial charge in [0.2, 0.25) is 5.91 Å². The first kappa shape index (κ1) is 17.7. The molecular formula is C15H29ClN2O2. The number of nitrogens with two attached hydrogens (primary N) is 1. The van der Waals surface area contributed by atoms with Gasteiger partial charge in [-0.3, -0.25) is 4.79 Å². The summed E-state index contributed by atoms with van der Waals surface area (Å²) in [5, 5.41) is 0. The van der Waals surface area contributed by atoms with Crippen molar-refractivity contribution in [2.45, 2.75) is 64.0 Å². The quantitative estimate of drug-likeness (QED) is 0.867. The van der Waals surface area contributed by atoms with E-state index < -0.39 is 0 Å². The standard InChI is InChI=1S/C15H28N2O2.ClH/c1-12-5-4-9-17(14(12)11-16)15(18)8-7-13-6-2-3-10-19-13;/h12-14H,2-11,16H2,1H3;1H. The van der Waals surface area contributed by atoms with E-state index in [2.05, 4.69) is 6.92 Å². The molecule has 118 valence electrons. The fourth-order valence-corrected chi connectivity index (χ4v) is 3.38. The smallest absolute Gasteiger partial charge is 0.222 e. The van der Waals surface area contributed by atoms with E-state index in [9.17, 15) is 4.79 Å². The van der Waals surface area contributed by atoms with E-state index in [4.69, 9.17) is 10.5 Å². The highest BCUT2D eigenvalue weighted by Crippen LogP contribution is 2.24. The van der Waals surface area contributed by atoms with E-state index >= 15 is 0 Å². The Labute approximate surface area is 128 Å². The summed E-state index contributed by atoms with van der Waals surface area (Å²) in [4.78, 5) is 14.4. The lowest BCUT2D eigenvalue weighted by Crippen LogP contribution is -2.51. The molecule has 0 aliphatic carbocycles. The number of nitrogens with zero attached hydrogens (tertiary/aromatic N) is 1. The maximum atomic E-state index is 12.4. The second kappa shape index (κ2) is 8.85. The Balaban J connectivity index is 0.00000200. The largest absolute Gasteiger partial charge is 0.378 e. The highest BCUT2D eigenvalue weighted by Gasteiger charge is 2.30. The predicted molar refractivity (Wildman–Crippen MR) is 83.0 cm³/mol. The van der Waals surface area contributed by atoms with Gasteiger partial charge in [0.05, 0.1) is 6.10 Å². The minimum absolute atomic E-state index is 0. The van der Waals surface area contributed by atoms with Crippen LogP contribution in [0.25, 0.3) is 0 Å². The molecule has 0 aromatic rings. The zero-order valence-electron chi connectivity index (χ0n) is 12.6. The van der Waals surface area contributed by atoms with Gasteiger partial charge in [-0.05, 0) is 44.4 Å². The first-order chi connectivity index (χ1) is 9.22. The Bertz CT molecular complexity index is 296. The minimum Gasteiger partial charge on any atom is -0.378 e. The zero-order chi connectivity index (χ0) is 13.7. The lowest BCUT2D eigenvalue weighted by Gasteiger charge is -2.39. The number of ether oxygens (including phenoxy) is 1. The second-order valence-corrected chi connectivity index (χ2v) is 6.04. The van der Waals surface area contributed by atoms with Crippen molar-refractivity contribution in [3.05, 3.63) is 0 Å². The number of piperidine rings is 1. The summed E-state index contributed by atoms with van der Waals surface area (Å²) in [6, 6.07) is 0.244. The lowest BCUT2D eigenvalue weighted by molar-refractivity contribution is -0.137. The summed E-state index contributed by atoms with van der Waals surface area (Å²) in [7, 11) is 0. The van der Waals surface area contributed by atoms with E-state index in [1.165, 1.54) is 19.3 Å². The number of halogens is 1. The van der Waals surface area contributed by atoms with Gasteiger partial charge in [0.25, 0.3) is 0 Å². The van der Waals surface area contributed by atoms with Crippen LogP contribution in [0.1, 0.15) is 51.9 Å². The summed E-state index contributed by atoms with van der Waals surface area (Å²) in [5.41, 5.74) is 5.84. The molecule has 2 heterocycles. The zero-order valence-corrected chi connectivity index (χ0v) is 13.4. The molecule has 5 heteroatoms. The average Bonchev–Trinajstić information content (AvgIpc) is 2.45. The Kier molecular flexibility index (Phi) is 7.85. The topological polar surface area (TPSA) is 55.6 Å². The van der Waals surface area contributed by atoms with Crippen molar-refractivity contribution in [3.8, 4) is 0 Å². The van der Waals surface area contributed by atoms with Crippen LogP contribution < -0.4 is 5.73 Å². The number of hydrogen-bond acceptors (Lipinski definition) is 3. The van der Waals surface area contributed by atoms with Crippen LogP contribution in [0.3, 0.4) is 0 Å². The van der Waals surface area contributed by atoms with Gasteiger partial charge in [-0.1, -0.05) is 6.92 Å². The van der Waals surface area contributed by atoms with E-state index in [0.29, 0.717) is 25.0 Å². The first-order valence-electron chi connectivity index (χ1n) is 7.83. The molecular weight excluding hydrogens is 276 g/mol. The third-order valence-electron chi connectivity index (χ3n) is 4.63. The van der Waals surface area contributed by atoms with Crippen molar-refractivity contribution < 1.29 is 9.53 Å². The number of amides is 1. The monoisotopic (exact) mass is 304 g/mol. The van der Waals surface area contributed by atoms with E-state index in [-0.39, 0.29) is 24.4 Å². The van der Waals surface area contributed by atoms with Crippen LogP contribution in [0, 0.1) is 5.92 Å². The number of carbonyl (C=O) groups is 1. The van der Waals surface area contributed by atoms with Crippen molar-refractivity contribution in [3.63, 3.8) is 0 Å². The molecule has 2 aliphatic rings. The highest BCUT2D eigenvalue weighted by molar-refractivity contribution is 5.85. The molecule has 4 nitrogen and oxygen atoms in total. The Morgan fingerprint density at radius 3 is 2.75 bits per heavy atom. The molecule has 2 fully saturated rings. The molecule has 2 aliphatic heterocycles. The summed E-state index contributed by atoms with van der Waals surface area (Å²) in [6.45, 7) is 4.55. The van der Waals surface area contributed by atoms with Crippen molar-refractivity contribution >= 4 is 18.3 Å². The highest BCUT2D eigenvalue weighted by atomic mass is 35.5. The molecule has 20 heavy (non-hydrogen) atoms. The van der Waals surface area contributed by atoms with Crippen LogP contribution in [0.2, 0.25) is 0 Å². The third-order valence-corrected chi connectivity index (χ3v) is 4.63. The van der Waals surface area contributed by atoms with Crippen LogP contribution >= 0.6 is 12.4 Å². The number of likely N-dealkylation sites (tertiary alicyclic amines) is 1. The van der Waals surface area contributed by atoms with E-state index in [1.807, 2.05) is 4.90 Å². The van der Waals surface area contributed by atoms with E-state index in [1.54, 1.807) is 0 Å². The van der Waals surface area contributed by atoms with Crippen molar-refractivity contribution in [2.75, 3.05) is 19.7 Å². The summed E-state index contributed by atoms with van der Waals surface area (Å²) >= 11 is 0. The minimum atomic E-state index is 0. The van der Waals surface area contributed by atoms with Gasteiger partial charge in [0, 0.05) is 32.2 Å². The maximum Gasteiger partial charge on any atom is 0.222 e. The molecule has 3 atom stereocenters. The van der Waals surface area contributed by atoms with Crippen LogP contribution in [0.4, 0.5) is 0 Å². The van der Waals surface area contributed by atoms with Crippen LogP contribution in [0.15, 0.2) is 0 Å². The van der Waals surface area contributed by atoms with Crippen LogP contribution in [-0.2, 0) is 9.53 Å². The summed E-state index contributed by atoms with van der Waals surface area (Å²) in [6.07, 6.45) is 7.63. The third kappa shape index (κ3) is 4.61. The molecule has 1 amide bonds. The van der Waals surface area contributed by atoms with Gasteiger partial charge < -0.3 is 15.4 Å². The Hall–Kier alpha value is -0.320. The molecule has 0 aromatic carbocycles.